The third-order valence-corrected chi connectivity index (χ3v) is 2.45. The van der Waals surface area contributed by atoms with E-state index in [-0.39, 0.29) is 0 Å². The molecular weight excluding hydrogens is 202 g/mol. The maximum Gasteiger partial charge on any atom is 0.118 e. The summed E-state index contributed by atoms with van der Waals surface area (Å²) in [7, 11) is 1.67. The molecule has 0 bridgehead atoms. The zero-order chi connectivity index (χ0) is 11.6. The summed E-state index contributed by atoms with van der Waals surface area (Å²) >= 11 is 0. The summed E-state index contributed by atoms with van der Waals surface area (Å²) in [5.74, 6) is 0.895. The summed E-state index contributed by atoms with van der Waals surface area (Å²) < 4.78 is 5.09. The van der Waals surface area contributed by atoms with Gasteiger partial charge in [-0.2, -0.15) is 0 Å². The van der Waals surface area contributed by atoms with Gasteiger partial charge in [0.1, 0.15) is 5.75 Å². The van der Waals surface area contributed by atoms with Crippen LogP contribution in [0.1, 0.15) is 24.8 Å². The van der Waals surface area contributed by atoms with Crippen LogP contribution in [0.25, 0.3) is 10.4 Å². The fourth-order valence-electron chi connectivity index (χ4n) is 1.53. The molecule has 0 fully saturated rings. The van der Waals surface area contributed by atoms with Crippen LogP contribution < -0.4 is 4.74 Å². The largest absolute Gasteiger partial charge is 0.497 e. The number of rotatable bonds is 7. The lowest BCUT2D eigenvalue weighted by molar-refractivity contribution is 0.414. The molecule has 1 rings (SSSR count). The van der Waals surface area contributed by atoms with E-state index in [0.29, 0.717) is 6.54 Å². The molecule has 0 spiro atoms. The van der Waals surface area contributed by atoms with E-state index in [0.717, 1.165) is 31.4 Å². The van der Waals surface area contributed by atoms with Gasteiger partial charge in [-0.3, -0.25) is 0 Å². The van der Waals surface area contributed by atoms with Crippen molar-refractivity contribution in [2.75, 3.05) is 13.7 Å². The van der Waals surface area contributed by atoms with Crippen LogP contribution in [0.3, 0.4) is 0 Å². The molecule has 0 atom stereocenters. The molecular formula is C12H17N3O. The second-order valence-electron chi connectivity index (χ2n) is 3.61. The fourth-order valence-corrected chi connectivity index (χ4v) is 1.53. The summed E-state index contributed by atoms with van der Waals surface area (Å²) in [6.07, 6.45) is 4.28. The predicted molar refractivity (Wildman–Crippen MR) is 64.6 cm³/mol. The van der Waals surface area contributed by atoms with E-state index in [9.17, 15) is 0 Å². The maximum atomic E-state index is 8.10. The molecule has 0 saturated heterocycles. The highest BCUT2D eigenvalue weighted by molar-refractivity contribution is 5.27. The molecule has 4 heteroatoms. The summed E-state index contributed by atoms with van der Waals surface area (Å²) in [5, 5.41) is 3.50. The van der Waals surface area contributed by atoms with Crippen LogP contribution in [-0.4, -0.2) is 13.7 Å². The van der Waals surface area contributed by atoms with Gasteiger partial charge in [0, 0.05) is 11.5 Å². The van der Waals surface area contributed by atoms with E-state index < -0.39 is 0 Å². The van der Waals surface area contributed by atoms with Crippen LogP contribution >= 0.6 is 0 Å². The number of hydrogen-bond donors (Lipinski definition) is 0. The normalized spacial score (nSPS) is 9.56. The van der Waals surface area contributed by atoms with Crippen LogP contribution in [0, 0.1) is 0 Å². The van der Waals surface area contributed by atoms with Gasteiger partial charge in [-0.1, -0.05) is 23.7 Å². The average Bonchev–Trinajstić information content (AvgIpc) is 2.34. The first kappa shape index (κ1) is 12.4. The highest BCUT2D eigenvalue weighted by Crippen LogP contribution is 2.13. The molecule has 0 saturated carbocycles. The maximum absolute atomic E-state index is 8.10. The van der Waals surface area contributed by atoms with Crippen LogP contribution in [0.15, 0.2) is 29.4 Å². The molecule has 1 aromatic rings. The number of aryl methyl sites for hydroxylation is 1. The Morgan fingerprint density at radius 1 is 1.19 bits per heavy atom. The topological polar surface area (TPSA) is 58.0 Å². The number of unbranched alkanes of at least 4 members (excludes halogenated alkanes) is 2. The number of ether oxygens (including phenoxy) is 1. The molecule has 0 amide bonds. The van der Waals surface area contributed by atoms with E-state index in [4.69, 9.17) is 10.3 Å². The molecule has 0 aliphatic carbocycles. The third-order valence-electron chi connectivity index (χ3n) is 2.45. The first-order chi connectivity index (χ1) is 7.86. The van der Waals surface area contributed by atoms with Crippen molar-refractivity contribution in [1.29, 1.82) is 0 Å². The van der Waals surface area contributed by atoms with Crippen molar-refractivity contribution < 1.29 is 4.74 Å². The van der Waals surface area contributed by atoms with Gasteiger partial charge < -0.3 is 4.74 Å². The number of hydrogen-bond acceptors (Lipinski definition) is 2. The molecule has 0 aromatic heterocycles. The van der Waals surface area contributed by atoms with E-state index >= 15 is 0 Å². The minimum absolute atomic E-state index is 0.610. The van der Waals surface area contributed by atoms with Crippen molar-refractivity contribution >= 4 is 0 Å². The van der Waals surface area contributed by atoms with Gasteiger partial charge in [0.25, 0.3) is 0 Å². The van der Waals surface area contributed by atoms with Crippen molar-refractivity contribution in [1.82, 2.24) is 0 Å². The van der Waals surface area contributed by atoms with E-state index in [1.165, 1.54) is 5.56 Å². The standard InChI is InChI=1S/C12H17N3O/c1-16-12-8-6-11(7-9-12)5-3-2-4-10-14-15-13/h6-9H,2-5,10H2,1H3. The molecule has 16 heavy (non-hydrogen) atoms. The van der Waals surface area contributed by atoms with E-state index in [2.05, 4.69) is 22.2 Å². The minimum atomic E-state index is 0.610. The van der Waals surface area contributed by atoms with Gasteiger partial charge in [-0.15, -0.1) is 0 Å². The van der Waals surface area contributed by atoms with Crippen LogP contribution in [0.4, 0.5) is 0 Å². The third kappa shape index (κ3) is 4.71. The Bertz CT molecular complexity index is 342. The molecule has 86 valence electrons. The molecule has 0 unspecified atom stereocenters. The van der Waals surface area contributed by atoms with Crippen LogP contribution in [-0.2, 0) is 6.42 Å². The molecule has 0 radical (unpaired) electrons. The molecule has 0 N–H and O–H groups in total. The number of benzene rings is 1. The van der Waals surface area contributed by atoms with Crippen molar-refractivity contribution in [3.8, 4) is 5.75 Å². The highest BCUT2D eigenvalue weighted by atomic mass is 16.5. The smallest absolute Gasteiger partial charge is 0.118 e. The van der Waals surface area contributed by atoms with Gasteiger partial charge in [-0.05, 0) is 42.5 Å². The van der Waals surface area contributed by atoms with Crippen molar-refractivity contribution in [3.63, 3.8) is 0 Å². The number of azide groups is 1. The molecule has 0 aliphatic heterocycles. The van der Waals surface area contributed by atoms with Crippen molar-refractivity contribution in [2.45, 2.75) is 25.7 Å². The zero-order valence-electron chi connectivity index (χ0n) is 9.59. The Balaban J connectivity index is 2.19. The minimum Gasteiger partial charge on any atom is -0.497 e. The summed E-state index contributed by atoms with van der Waals surface area (Å²) in [4.78, 5) is 2.72. The quantitative estimate of drug-likeness (QED) is 0.298. The monoisotopic (exact) mass is 219 g/mol. The molecule has 0 aliphatic rings. The second-order valence-corrected chi connectivity index (χ2v) is 3.61. The summed E-state index contributed by atoms with van der Waals surface area (Å²) in [6, 6.07) is 8.14. The molecule has 1 aromatic carbocycles. The fraction of sp³-hybridized carbons (Fsp3) is 0.500. The highest BCUT2D eigenvalue weighted by Gasteiger charge is 1.94. The lowest BCUT2D eigenvalue weighted by Gasteiger charge is -2.03. The molecule has 0 heterocycles. The summed E-state index contributed by atoms with van der Waals surface area (Å²) in [6.45, 7) is 0.610. The van der Waals surface area contributed by atoms with Gasteiger partial charge in [0.15, 0.2) is 0 Å². The number of methoxy groups -OCH3 is 1. The van der Waals surface area contributed by atoms with E-state index in [1.807, 2.05) is 12.1 Å². The second kappa shape index (κ2) is 7.60. The zero-order valence-corrected chi connectivity index (χ0v) is 9.59. The van der Waals surface area contributed by atoms with Crippen molar-refractivity contribution in [3.05, 3.63) is 40.3 Å². The van der Waals surface area contributed by atoms with Crippen LogP contribution in [0.2, 0.25) is 0 Å². The van der Waals surface area contributed by atoms with Gasteiger partial charge in [0.05, 0.1) is 7.11 Å². The van der Waals surface area contributed by atoms with Gasteiger partial charge >= 0.3 is 0 Å². The SMILES string of the molecule is COc1ccc(CCCCCN=[N+]=[N-])cc1. The molecule has 4 nitrogen and oxygen atoms in total. The van der Waals surface area contributed by atoms with Gasteiger partial charge in [0.2, 0.25) is 0 Å². The Hall–Kier alpha value is -1.67. The lowest BCUT2D eigenvalue weighted by Crippen LogP contribution is -1.88. The average molecular weight is 219 g/mol. The summed E-state index contributed by atoms with van der Waals surface area (Å²) in [5.41, 5.74) is 9.42. The Morgan fingerprint density at radius 2 is 1.94 bits per heavy atom. The van der Waals surface area contributed by atoms with Crippen molar-refractivity contribution in [2.24, 2.45) is 5.11 Å². The van der Waals surface area contributed by atoms with Gasteiger partial charge in [-0.25, -0.2) is 0 Å². The Labute approximate surface area is 95.9 Å². The Kier molecular flexibility index (Phi) is 5.89. The first-order valence-corrected chi connectivity index (χ1v) is 5.50. The van der Waals surface area contributed by atoms with Crippen LogP contribution in [0.5, 0.6) is 5.75 Å². The lowest BCUT2D eigenvalue weighted by atomic mass is 10.1. The number of nitrogens with zero attached hydrogens (tertiary/aromatic N) is 3. The Morgan fingerprint density at radius 3 is 2.56 bits per heavy atom. The van der Waals surface area contributed by atoms with E-state index in [1.54, 1.807) is 7.11 Å². The first-order valence-electron chi connectivity index (χ1n) is 5.50. The predicted octanol–water partition coefficient (Wildman–Crippen LogP) is 3.72.